The number of ether oxygens (including phenoxy) is 1. The lowest BCUT2D eigenvalue weighted by Crippen LogP contribution is -2.68. The number of allylic oxidation sites excluding steroid dienone is 1. The first-order chi connectivity index (χ1) is 31.5. The van der Waals surface area contributed by atoms with Crippen LogP contribution in [-0.2, 0) is 23.9 Å². The van der Waals surface area contributed by atoms with Gasteiger partial charge in [0.15, 0.2) is 6.29 Å². The molecule has 14 heteroatoms. The second-order valence-corrected chi connectivity index (χ2v) is 25.6. The zero-order valence-corrected chi connectivity index (χ0v) is 43.5. The van der Waals surface area contributed by atoms with E-state index < -0.39 is 47.4 Å². The molecule has 14 nitrogen and oxygen atoms in total. The predicted octanol–water partition coefficient (Wildman–Crippen LogP) is 6.20. The van der Waals surface area contributed by atoms with Gasteiger partial charge in [-0.1, -0.05) is 60.6 Å². The fraction of sp³-hybridized carbons (Fsp3) is 0.889. The molecule has 2 amide bonds. The van der Waals surface area contributed by atoms with Gasteiger partial charge in [-0.2, -0.15) is 0 Å². The molecule has 1 saturated heterocycles. The summed E-state index contributed by atoms with van der Waals surface area (Å²) in [6.07, 6.45) is 6.91. The molecule has 388 valence electrons. The molecule has 8 N–H and O–H groups in total. The minimum atomic E-state index is -1.69. The van der Waals surface area contributed by atoms with Crippen molar-refractivity contribution in [2.24, 2.45) is 73.4 Å². The number of likely N-dealkylation sites (tertiary alicyclic amines) is 1. The Hall–Kier alpha value is -2.62. The van der Waals surface area contributed by atoms with E-state index in [-0.39, 0.29) is 82.3 Å². The molecule has 0 radical (unpaired) electrons. The van der Waals surface area contributed by atoms with Crippen LogP contribution in [0.15, 0.2) is 12.2 Å². The molecule has 68 heavy (non-hydrogen) atoms. The van der Waals surface area contributed by atoms with Crippen LogP contribution in [0.4, 0.5) is 0 Å². The third kappa shape index (κ3) is 9.47. The number of aliphatic carboxylic acids is 1. The molecule has 1 heterocycles. The molecule has 0 aromatic heterocycles. The first kappa shape index (κ1) is 54.7. The molecule has 7 aliphatic rings. The molecule has 5 unspecified atom stereocenters. The zero-order chi connectivity index (χ0) is 50.7. The molecule has 0 aromatic rings. The molecule has 7 fully saturated rings. The fourth-order valence-corrected chi connectivity index (χ4v) is 16.3. The first-order valence-corrected chi connectivity index (χ1v) is 26.2. The van der Waals surface area contributed by atoms with E-state index in [0.717, 1.165) is 96.6 Å². The smallest absolute Gasteiger partial charge is 0.309 e. The Morgan fingerprint density at radius 1 is 0.794 bits per heavy atom. The maximum Gasteiger partial charge on any atom is 0.309 e. The number of hydrogen-bond acceptors (Lipinski definition) is 11. The van der Waals surface area contributed by atoms with Crippen molar-refractivity contribution >= 4 is 23.8 Å². The normalized spacial score (nSPS) is 39.3. The van der Waals surface area contributed by atoms with Crippen LogP contribution < -0.4 is 10.6 Å². The summed E-state index contributed by atoms with van der Waals surface area (Å²) in [5.74, 6) is 1.12. The molecular weight excluding hydrogens is 867 g/mol. The Morgan fingerprint density at radius 2 is 1.44 bits per heavy atom. The third-order valence-electron chi connectivity index (χ3n) is 20.8. The number of nitrogens with one attached hydrogen (secondary N) is 2. The Labute approximate surface area is 407 Å². The summed E-state index contributed by atoms with van der Waals surface area (Å²) in [4.78, 5) is 55.4. The van der Waals surface area contributed by atoms with Gasteiger partial charge in [-0.15, -0.1) is 0 Å². The Kier molecular flexibility index (Phi) is 15.9. The van der Waals surface area contributed by atoms with Crippen LogP contribution in [0, 0.1) is 73.4 Å². The highest BCUT2D eigenvalue weighted by molar-refractivity contribution is 5.86. The van der Waals surface area contributed by atoms with Crippen molar-refractivity contribution in [1.29, 1.82) is 0 Å². The standard InChI is InChI=1S/C47H74N2O6.C7H17NO5/c1-28(2)29-16-21-47(39(52)48-34-26-31(42(34,5)6)38(51)49-24-12-13-25-49)23-22-45(10)30(37(29)47)14-15-33-44(9)19-18-35(55-36(50)27-41(3,4)40(53)54)43(7,8)32(44)17-20-46(33,45)11;1-8-3-5(10)7(13)4(9)2-6(11)12/h29-35,37H,1,12-27H2,2-11H3,(H,48,52)(H,53,54);4-13H,2-3H2,1H3/t29-,30?,31+,32?,33?,34?,35-,37?,44-,45+,46+,47-;4-,5-,7-/m01/s1. The monoisotopic (exact) mass is 958 g/mol. The lowest BCUT2D eigenvalue weighted by molar-refractivity contribution is -0.249. The molecular formula is C54H91N3O11. The van der Waals surface area contributed by atoms with Gasteiger partial charge >= 0.3 is 11.9 Å². The number of aliphatic hydroxyl groups excluding tert-OH is 4. The van der Waals surface area contributed by atoms with E-state index in [1.165, 1.54) is 5.57 Å². The average molecular weight is 958 g/mol. The van der Waals surface area contributed by atoms with Crippen LogP contribution in [0.25, 0.3) is 0 Å². The van der Waals surface area contributed by atoms with Gasteiger partial charge in [-0.05, 0) is 163 Å². The minimum absolute atomic E-state index is 0.0199. The number of nitrogens with zero attached hydrogens (tertiary/aromatic N) is 1. The predicted molar refractivity (Wildman–Crippen MR) is 259 cm³/mol. The van der Waals surface area contributed by atoms with Gasteiger partial charge in [0.05, 0.1) is 29.5 Å². The number of likely N-dealkylation sites (N-methyl/N-ethyl adjacent to an activating group) is 1. The van der Waals surface area contributed by atoms with Crippen molar-refractivity contribution in [3.05, 3.63) is 12.2 Å². The second-order valence-electron chi connectivity index (χ2n) is 25.6. The maximum absolute atomic E-state index is 15.0. The van der Waals surface area contributed by atoms with E-state index in [4.69, 9.17) is 25.2 Å². The topological polar surface area (TPSA) is 226 Å². The van der Waals surface area contributed by atoms with E-state index in [0.29, 0.717) is 23.7 Å². The highest BCUT2D eigenvalue weighted by atomic mass is 16.5. The largest absolute Gasteiger partial charge is 0.481 e. The summed E-state index contributed by atoms with van der Waals surface area (Å²) in [5, 5.41) is 60.3. The SMILES string of the molecule is C=C(C)[C@@H]1CC[C@]2(C(=O)NC3C[C@H](C(=O)N4CCCC4)C3(C)C)CC[C@]3(C)C(CCC4[C@@]5(C)CC[C@H](OC(=O)CC(C)(C)C(=O)O)C(C)(C)C5CC[C@]43C)C12.CNC[C@@H](O)[C@H](O)[C@H](O)CC(O)O. The van der Waals surface area contributed by atoms with Crippen LogP contribution in [0.2, 0.25) is 0 Å². The number of carboxylic acids is 1. The summed E-state index contributed by atoms with van der Waals surface area (Å²) < 4.78 is 6.19. The van der Waals surface area contributed by atoms with E-state index in [1.807, 2.05) is 4.90 Å². The minimum Gasteiger partial charge on any atom is -0.481 e. The highest BCUT2D eigenvalue weighted by Crippen LogP contribution is 2.77. The van der Waals surface area contributed by atoms with Crippen molar-refractivity contribution < 1.29 is 54.6 Å². The molecule has 6 saturated carbocycles. The number of hydrogen-bond donors (Lipinski definition) is 8. The summed E-state index contributed by atoms with van der Waals surface area (Å²) >= 11 is 0. The molecule has 0 aromatic carbocycles. The summed E-state index contributed by atoms with van der Waals surface area (Å²) in [7, 11) is 1.59. The van der Waals surface area contributed by atoms with Crippen LogP contribution in [0.3, 0.4) is 0 Å². The molecule has 7 rings (SSSR count). The van der Waals surface area contributed by atoms with Crippen LogP contribution in [0.5, 0.6) is 0 Å². The molecule has 1 aliphatic heterocycles. The number of carbonyl (C=O) groups is 4. The average Bonchev–Trinajstić information content (AvgIpc) is 3.93. The van der Waals surface area contributed by atoms with Gasteiger partial charge in [-0.25, -0.2) is 0 Å². The Morgan fingerprint density at radius 3 is 2.01 bits per heavy atom. The van der Waals surface area contributed by atoms with Crippen LogP contribution in [0.1, 0.15) is 166 Å². The summed E-state index contributed by atoms with van der Waals surface area (Å²) in [6, 6.07) is 0.0219. The molecule has 0 bridgehead atoms. The highest BCUT2D eigenvalue weighted by Gasteiger charge is 2.72. The van der Waals surface area contributed by atoms with Crippen LogP contribution in [-0.4, -0.2) is 123 Å². The maximum atomic E-state index is 15.0. The molecule has 0 spiro atoms. The summed E-state index contributed by atoms with van der Waals surface area (Å²) in [5.41, 5.74) is -0.482. The van der Waals surface area contributed by atoms with E-state index in [2.05, 4.69) is 72.6 Å². The van der Waals surface area contributed by atoms with Gasteiger partial charge in [0.2, 0.25) is 11.8 Å². The first-order valence-electron chi connectivity index (χ1n) is 26.2. The quantitative estimate of drug-likeness (QED) is 0.0554. The fourth-order valence-electron chi connectivity index (χ4n) is 16.3. The second kappa shape index (κ2) is 19.8. The number of carbonyl (C=O) groups excluding carboxylic acids is 3. The van der Waals surface area contributed by atoms with Gasteiger partial charge in [0.1, 0.15) is 12.2 Å². The van der Waals surface area contributed by atoms with Crippen molar-refractivity contribution in [3.8, 4) is 0 Å². The number of carboxylic acid groups (broad SMARTS) is 1. The van der Waals surface area contributed by atoms with Crippen molar-refractivity contribution in [1.82, 2.24) is 15.5 Å². The van der Waals surface area contributed by atoms with Crippen LogP contribution >= 0.6 is 0 Å². The summed E-state index contributed by atoms with van der Waals surface area (Å²) in [6.45, 7) is 28.5. The lowest BCUT2D eigenvalue weighted by atomic mass is 9.32. The Balaban J connectivity index is 0.000000512. The Bertz CT molecular complexity index is 1880. The van der Waals surface area contributed by atoms with E-state index in [9.17, 15) is 29.4 Å². The van der Waals surface area contributed by atoms with Gasteiger partial charge in [0, 0.05) is 43.4 Å². The van der Waals surface area contributed by atoms with E-state index >= 15 is 0 Å². The number of amides is 2. The van der Waals surface area contributed by atoms with Crippen molar-refractivity contribution in [2.75, 3.05) is 26.7 Å². The van der Waals surface area contributed by atoms with Crippen molar-refractivity contribution in [2.45, 2.75) is 202 Å². The lowest BCUT2D eigenvalue weighted by Gasteiger charge is -2.73. The van der Waals surface area contributed by atoms with Gasteiger partial charge in [0.25, 0.3) is 0 Å². The zero-order valence-electron chi connectivity index (χ0n) is 43.5. The number of rotatable bonds is 14. The number of aliphatic hydroxyl groups is 5. The number of esters is 1. The van der Waals surface area contributed by atoms with Crippen molar-refractivity contribution in [3.63, 3.8) is 0 Å². The van der Waals surface area contributed by atoms with Gasteiger partial charge in [-0.3, -0.25) is 19.2 Å². The van der Waals surface area contributed by atoms with E-state index in [1.54, 1.807) is 20.9 Å². The molecule has 15 atom stereocenters. The third-order valence-corrected chi connectivity index (χ3v) is 20.8. The molecule has 6 aliphatic carbocycles. The number of fused-ring (bicyclic) bond motifs is 7. The van der Waals surface area contributed by atoms with Gasteiger partial charge < -0.3 is 50.9 Å².